The Morgan fingerprint density at radius 1 is 0.696 bits per heavy atom. The molecule has 8 N–H and O–H groups in total. The molecule has 428 valence electrons. The third-order valence-electron chi connectivity index (χ3n) is 12.8. The molecule has 4 aromatic rings. The number of urea groups is 1. The van der Waals surface area contributed by atoms with Crippen molar-refractivity contribution in [2.24, 2.45) is 0 Å². The predicted octanol–water partition coefficient (Wildman–Crippen LogP) is 6.53. The number of amides is 6. The maximum Gasteiger partial charge on any atom is 0.315 e. The highest BCUT2D eigenvalue weighted by Gasteiger charge is 2.42. The van der Waals surface area contributed by atoms with E-state index >= 15 is 0 Å². The molecular formula is C57H80N12O9S. The van der Waals surface area contributed by atoms with Gasteiger partial charge in [-0.15, -0.1) is 0 Å². The number of anilines is 5. The molecule has 2 saturated heterocycles. The maximum atomic E-state index is 12.7. The number of hydrogen-bond donors (Lipinski definition) is 8. The van der Waals surface area contributed by atoms with Crippen molar-refractivity contribution >= 4 is 70.1 Å². The standard InChI is InChI=1S/C57H80N12O9S/c1-42-36-45(22-23-48(42)78-39-46-14-5-6-24-58-46)65-51-38-50(62-41-63-51)64-43-15-9-16-44(37-43)66-55(73)21-11-29-69(2)28-8-7-25-59-53(71)19-10-20-54(72)61-27-13-31-76-33-35-77-34-32-75-30-12-26-60-52(70)18-4-3-17-49-56-47(40-79-49)67-57(74)68-56/h5-6,9,11,14-16,21-24,36-38,41,47,49,56H,3-4,7-8,10,12-13,17-20,25-35,39-40H2,1-2H3,(H,59,71)(H,60,70)(H,61,72)(H,66,73)(H2,67,68,74)(H2,62,63,64,65)/b21-11+/t47-,49-,56-/m0/s1. The Hall–Kier alpha value is -6.85. The summed E-state index contributed by atoms with van der Waals surface area (Å²) in [7, 11) is 1.98. The molecule has 2 fully saturated rings. The van der Waals surface area contributed by atoms with Crippen molar-refractivity contribution in [1.82, 2.24) is 46.4 Å². The van der Waals surface area contributed by atoms with Crippen LogP contribution in [0.5, 0.6) is 5.75 Å². The van der Waals surface area contributed by atoms with Gasteiger partial charge in [0.15, 0.2) is 0 Å². The molecule has 6 rings (SSSR count). The number of carbonyl (C=O) groups excluding carboxylic acids is 5. The van der Waals surface area contributed by atoms with Crippen LogP contribution in [0.1, 0.15) is 81.9 Å². The third kappa shape index (κ3) is 24.8. The van der Waals surface area contributed by atoms with Crippen LogP contribution in [0, 0.1) is 6.92 Å². The summed E-state index contributed by atoms with van der Waals surface area (Å²) in [5.74, 6) is 2.58. The van der Waals surface area contributed by atoms with E-state index in [0.29, 0.717) is 121 Å². The van der Waals surface area contributed by atoms with Gasteiger partial charge in [-0.05, 0) is 120 Å². The molecule has 2 aliphatic rings. The lowest BCUT2D eigenvalue weighted by Crippen LogP contribution is -2.36. The molecule has 2 aromatic heterocycles. The molecule has 2 aliphatic heterocycles. The normalized spacial score (nSPS) is 15.5. The number of nitrogens with zero attached hydrogens (tertiary/aromatic N) is 4. The van der Waals surface area contributed by atoms with E-state index in [2.05, 4.69) is 62.4 Å². The minimum Gasteiger partial charge on any atom is -0.487 e. The van der Waals surface area contributed by atoms with Crippen LogP contribution in [0.25, 0.3) is 0 Å². The summed E-state index contributed by atoms with van der Waals surface area (Å²) in [5, 5.41) is 24.7. The van der Waals surface area contributed by atoms with Crippen molar-refractivity contribution in [3.05, 3.63) is 103 Å². The van der Waals surface area contributed by atoms with Crippen molar-refractivity contribution in [3.8, 4) is 5.75 Å². The molecule has 0 aliphatic carbocycles. The first-order valence-electron chi connectivity index (χ1n) is 27.5. The number of thioether (sulfide) groups is 1. The summed E-state index contributed by atoms with van der Waals surface area (Å²) in [4.78, 5) is 76.1. The highest BCUT2D eigenvalue weighted by atomic mass is 32.2. The molecule has 0 unspecified atom stereocenters. The van der Waals surface area contributed by atoms with E-state index in [0.717, 1.165) is 79.2 Å². The second-order valence-corrected chi connectivity index (χ2v) is 20.7. The SMILES string of the molecule is Cc1cc(Nc2cc(Nc3cccc(NC(=O)/C=C/CN(C)CCCCNC(=O)CCCC(=O)NCCCOCCOCCOCCCNC(=O)CCCC[C@@H]4SC[C@@H]5NC(=O)N[C@@H]54)c3)ncn2)ccc1OCc1ccccn1. The van der Waals surface area contributed by atoms with Crippen LogP contribution in [0.2, 0.25) is 0 Å². The lowest BCUT2D eigenvalue weighted by molar-refractivity contribution is -0.123. The van der Waals surface area contributed by atoms with Crippen molar-refractivity contribution in [2.45, 2.75) is 101 Å². The van der Waals surface area contributed by atoms with Gasteiger partial charge < -0.3 is 66.4 Å². The van der Waals surface area contributed by atoms with Gasteiger partial charge in [0.25, 0.3) is 0 Å². The molecule has 22 heteroatoms. The predicted molar refractivity (Wildman–Crippen MR) is 308 cm³/mol. The highest BCUT2D eigenvalue weighted by Crippen LogP contribution is 2.33. The number of pyridine rings is 1. The number of aryl methyl sites for hydroxylation is 1. The molecule has 0 spiro atoms. The summed E-state index contributed by atoms with van der Waals surface area (Å²) >= 11 is 1.90. The second kappa shape index (κ2) is 35.6. The van der Waals surface area contributed by atoms with E-state index < -0.39 is 0 Å². The van der Waals surface area contributed by atoms with Crippen molar-refractivity contribution < 1.29 is 42.9 Å². The maximum absolute atomic E-state index is 12.7. The van der Waals surface area contributed by atoms with Crippen LogP contribution in [0.3, 0.4) is 0 Å². The topological polar surface area (TPSA) is 260 Å². The van der Waals surface area contributed by atoms with Crippen LogP contribution in [0.4, 0.5) is 33.5 Å². The molecule has 21 nitrogen and oxygen atoms in total. The summed E-state index contributed by atoms with van der Waals surface area (Å²) in [5.41, 5.74) is 4.06. The van der Waals surface area contributed by atoms with Crippen LogP contribution in [-0.4, -0.2) is 152 Å². The number of benzene rings is 2. The van der Waals surface area contributed by atoms with Crippen molar-refractivity contribution in [1.29, 1.82) is 0 Å². The van der Waals surface area contributed by atoms with E-state index in [-0.39, 0.29) is 48.2 Å². The molecule has 79 heavy (non-hydrogen) atoms. The number of unbranched alkanes of at least 4 members (excludes halogenated alkanes) is 2. The third-order valence-corrected chi connectivity index (χ3v) is 14.3. The molecule has 6 amide bonds. The fraction of sp³-hybridized carbons (Fsp3) is 0.509. The summed E-state index contributed by atoms with van der Waals surface area (Å²) in [6.45, 7) is 8.29. The van der Waals surface area contributed by atoms with Crippen LogP contribution in [0.15, 0.2) is 91.4 Å². The first-order valence-corrected chi connectivity index (χ1v) is 28.6. The highest BCUT2D eigenvalue weighted by molar-refractivity contribution is 8.00. The first-order chi connectivity index (χ1) is 38.6. The Morgan fingerprint density at radius 2 is 1.35 bits per heavy atom. The van der Waals surface area contributed by atoms with Gasteiger partial charge in [0.2, 0.25) is 23.6 Å². The minimum absolute atomic E-state index is 0.0625. The van der Waals surface area contributed by atoms with Crippen LogP contribution in [-0.2, 0) is 40.0 Å². The van der Waals surface area contributed by atoms with Crippen molar-refractivity contribution in [3.63, 3.8) is 0 Å². The Bertz CT molecular complexity index is 2530. The number of carbonyl (C=O) groups is 5. The van der Waals surface area contributed by atoms with E-state index in [1.54, 1.807) is 12.3 Å². The number of rotatable bonds is 39. The fourth-order valence-electron chi connectivity index (χ4n) is 8.63. The second-order valence-electron chi connectivity index (χ2n) is 19.4. The molecule has 4 heterocycles. The molecule has 2 aromatic carbocycles. The van der Waals surface area contributed by atoms with Gasteiger partial charge in [-0.3, -0.25) is 24.2 Å². The van der Waals surface area contributed by atoms with Gasteiger partial charge in [-0.1, -0.05) is 24.6 Å². The van der Waals surface area contributed by atoms with E-state index in [1.807, 2.05) is 92.5 Å². The Kier molecular flexibility index (Phi) is 27.7. The zero-order valence-corrected chi connectivity index (χ0v) is 46.6. The molecule has 0 bridgehead atoms. The molecule has 0 saturated carbocycles. The van der Waals surface area contributed by atoms with Gasteiger partial charge in [-0.2, -0.15) is 11.8 Å². The quantitative estimate of drug-likeness (QED) is 0.0134. The lowest BCUT2D eigenvalue weighted by atomic mass is 10.0. The number of hydrogen-bond acceptors (Lipinski definition) is 16. The van der Waals surface area contributed by atoms with Crippen molar-refractivity contribution in [2.75, 3.05) is 101 Å². The summed E-state index contributed by atoms with van der Waals surface area (Å²) in [6, 6.07) is 21.1. The number of likely N-dealkylation sites (N-methyl/N-ethyl adjacent to an activating group) is 1. The van der Waals surface area contributed by atoms with Crippen LogP contribution >= 0.6 is 11.8 Å². The number of fused-ring (bicyclic) bond motifs is 1. The Labute approximate surface area is 468 Å². The average Bonchev–Trinajstić information content (AvgIpc) is 4.02. The van der Waals surface area contributed by atoms with Gasteiger partial charge in [0.05, 0.1) is 44.2 Å². The largest absolute Gasteiger partial charge is 0.487 e. The monoisotopic (exact) mass is 1110 g/mol. The minimum atomic E-state index is -0.241. The van der Waals surface area contributed by atoms with Gasteiger partial charge >= 0.3 is 6.03 Å². The first kappa shape index (κ1) is 61.4. The van der Waals surface area contributed by atoms with E-state index in [1.165, 1.54) is 12.4 Å². The number of nitrogens with one attached hydrogen (secondary N) is 8. The number of ether oxygens (including phenoxy) is 4. The smallest absolute Gasteiger partial charge is 0.315 e. The Balaban J connectivity index is 0.681. The van der Waals surface area contributed by atoms with Gasteiger partial charge in [0.1, 0.15) is 30.3 Å². The zero-order chi connectivity index (χ0) is 55.7. The fourth-order valence-corrected chi connectivity index (χ4v) is 10.2. The van der Waals surface area contributed by atoms with Gasteiger partial charge in [0, 0.05) is 105 Å². The van der Waals surface area contributed by atoms with E-state index in [4.69, 9.17) is 18.9 Å². The number of aromatic nitrogens is 3. The lowest BCUT2D eigenvalue weighted by Gasteiger charge is -2.16. The summed E-state index contributed by atoms with van der Waals surface area (Å²) in [6.07, 6.45) is 14.1. The Morgan fingerprint density at radius 3 is 2.04 bits per heavy atom. The molecular weight excluding hydrogens is 1030 g/mol. The molecule has 0 radical (unpaired) electrons. The van der Waals surface area contributed by atoms with E-state index in [9.17, 15) is 24.0 Å². The average molecular weight is 1110 g/mol. The zero-order valence-electron chi connectivity index (χ0n) is 45.7. The van der Waals surface area contributed by atoms with Crippen LogP contribution < -0.4 is 47.3 Å². The molecule has 3 atom stereocenters. The summed E-state index contributed by atoms with van der Waals surface area (Å²) < 4.78 is 22.7. The van der Waals surface area contributed by atoms with Gasteiger partial charge in [-0.25, -0.2) is 14.8 Å².